The lowest BCUT2D eigenvalue weighted by Gasteiger charge is -2.24. The maximum Gasteiger partial charge on any atom is 0.162 e. The maximum absolute atomic E-state index is 11.7. The molecule has 1 fully saturated rings. The summed E-state index contributed by atoms with van der Waals surface area (Å²) in [6.07, 6.45) is 5.79. The summed E-state index contributed by atoms with van der Waals surface area (Å²) in [4.78, 5) is 16.1. The number of Topliss-reactive ketones (excluding diaryl/α,β-unsaturated/α-hetero) is 1. The molecule has 1 aliphatic rings. The summed E-state index contributed by atoms with van der Waals surface area (Å²) in [5, 5.41) is 0. The van der Waals surface area contributed by atoms with Gasteiger partial charge in [-0.1, -0.05) is 6.92 Å². The average molecular weight is 258 g/mol. The lowest BCUT2D eigenvalue weighted by Crippen LogP contribution is -2.17. The summed E-state index contributed by atoms with van der Waals surface area (Å²) in [6.45, 7) is 2.69. The van der Waals surface area contributed by atoms with Crippen molar-refractivity contribution in [2.75, 3.05) is 6.61 Å². The first-order chi connectivity index (χ1) is 9.29. The molecule has 0 spiro atoms. The summed E-state index contributed by atoms with van der Waals surface area (Å²) in [7, 11) is 0. The predicted molar refractivity (Wildman–Crippen MR) is 73.2 cm³/mol. The second-order valence-corrected chi connectivity index (χ2v) is 4.95. The van der Waals surface area contributed by atoms with E-state index in [0.29, 0.717) is 6.42 Å². The molecule has 0 aliphatic carbocycles. The first kappa shape index (κ1) is 12.4. The Kier molecular flexibility index (Phi) is 3.34. The monoisotopic (exact) mass is 258 g/mol. The summed E-state index contributed by atoms with van der Waals surface area (Å²) < 4.78 is 7.86. The van der Waals surface area contributed by atoms with Gasteiger partial charge in [0, 0.05) is 18.6 Å². The van der Waals surface area contributed by atoms with Crippen molar-refractivity contribution in [1.82, 2.24) is 9.55 Å². The Bertz CT molecular complexity index is 597. The van der Waals surface area contributed by atoms with Gasteiger partial charge in [-0.3, -0.25) is 4.79 Å². The quantitative estimate of drug-likeness (QED) is 0.793. The first-order valence-corrected chi connectivity index (χ1v) is 6.91. The van der Waals surface area contributed by atoms with Crippen LogP contribution in [-0.2, 0) is 4.74 Å². The number of carbonyl (C=O) groups excluding carboxylic acids is 1. The molecule has 0 amide bonds. The highest BCUT2D eigenvalue weighted by atomic mass is 16.5. The molecule has 0 radical (unpaired) electrons. The van der Waals surface area contributed by atoms with Crippen molar-refractivity contribution in [2.24, 2.45) is 0 Å². The zero-order chi connectivity index (χ0) is 13.2. The summed E-state index contributed by atoms with van der Waals surface area (Å²) >= 11 is 0. The van der Waals surface area contributed by atoms with Gasteiger partial charge < -0.3 is 9.30 Å². The molecule has 1 saturated heterocycles. The van der Waals surface area contributed by atoms with Crippen LogP contribution in [0.15, 0.2) is 24.5 Å². The van der Waals surface area contributed by atoms with Crippen LogP contribution in [0.5, 0.6) is 0 Å². The molecule has 1 aromatic carbocycles. The van der Waals surface area contributed by atoms with Crippen LogP contribution in [0.3, 0.4) is 0 Å². The van der Waals surface area contributed by atoms with Crippen molar-refractivity contribution in [2.45, 2.75) is 38.8 Å². The van der Waals surface area contributed by atoms with Crippen LogP contribution in [0.4, 0.5) is 0 Å². The number of ketones is 1. The molecule has 0 bridgehead atoms. The predicted octanol–water partition coefficient (Wildman–Crippen LogP) is 3.33. The molecule has 19 heavy (non-hydrogen) atoms. The van der Waals surface area contributed by atoms with Gasteiger partial charge in [-0.15, -0.1) is 0 Å². The van der Waals surface area contributed by atoms with Gasteiger partial charge in [0.2, 0.25) is 0 Å². The Morgan fingerprint density at radius 1 is 1.47 bits per heavy atom. The number of rotatable bonds is 3. The molecule has 0 N–H and O–H groups in total. The summed E-state index contributed by atoms with van der Waals surface area (Å²) in [5.41, 5.74) is 2.65. The molecule has 1 aliphatic heterocycles. The van der Waals surface area contributed by atoms with Gasteiger partial charge in [0.05, 0.1) is 17.4 Å². The van der Waals surface area contributed by atoms with Crippen LogP contribution in [0.1, 0.15) is 49.2 Å². The van der Waals surface area contributed by atoms with Crippen LogP contribution in [0.25, 0.3) is 11.0 Å². The second kappa shape index (κ2) is 5.13. The van der Waals surface area contributed by atoms with Crippen LogP contribution in [0.2, 0.25) is 0 Å². The van der Waals surface area contributed by atoms with E-state index in [1.54, 1.807) is 0 Å². The molecular weight excluding hydrogens is 240 g/mol. The number of carbonyl (C=O) groups is 1. The number of nitrogens with zero attached hydrogens (tertiary/aromatic N) is 2. The van der Waals surface area contributed by atoms with Gasteiger partial charge in [-0.05, 0) is 37.5 Å². The van der Waals surface area contributed by atoms with E-state index in [1.165, 1.54) is 6.42 Å². The molecule has 4 nitrogen and oxygen atoms in total. The topological polar surface area (TPSA) is 44.1 Å². The number of benzene rings is 1. The van der Waals surface area contributed by atoms with Crippen LogP contribution >= 0.6 is 0 Å². The van der Waals surface area contributed by atoms with Gasteiger partial charge in [0.15, 0.2) is 5.78 Å². The minimum atomic E-state index is 0.0893. The number of fused-ring (bicyclic) bond motifs is 1. The highest BCUT2D eigenvalue weighted by Crippen LogP contribution is 2.26. The Morgan fingerprint density at radius 2 is 2.37 bits per heavy atom. The smallest absolute Gasteiger partial charge is 0.162 e. The van der Waals surface area contributed by atoms with E-state index in [0.717, 1.165) is 36.0 Å². The fourth-order valence-corrected chi connectivity index (χ4v) is 2.58. The van der Waals surface area contributed by atoms with E-state index in [4.69, 9.17) is 4.74 Å². The number of hydrogen-bond donors (Lipinski definition) is 0. The number of imidazole rings is 1. The molecule has 0 saturated carbocycles. The Hall–Kier alpha value is -1.68. The number of hydrogen-bond acceptors (Lipinski definition) is 3. The fraction of sp³-hybridized carbons (Fsp3) is 0.467. The van der Waals surface area contributed by atoms with E-state index >= 15 is 0 Å². The number of ether oxygens (including phenoxy) is 1. The fourth-order valence-electron chi connectivity index (χ4n) is 2.58. The Morgan fingerprint density at radius 3 is 3.11 bits per heavy atom. The van der Waals surface area contributed by atoms with Gasteiger partial charge in [0.25, 0.3) is 0 Å². The van der Waals surface area contributed by atoms with Gasteiger partial charge in [0.1, 0.15) is 6.23 Å². The van der Waals surface area contributed by atoms with Crippen molar-refractivity contribution in [3.05, 3.63) is 30.1 Å². The molecule has 2 aromatic rings. The third-order valence-corrected chi connectivity index (χ3v) is 3.68. The third-order valence-electron chi connectivity index (χ3n) is 3.68. The standard InChI is InChI=1S/C15H18N2O2/c1-2-14(18)11-6-7-13-12(9-11)16-10-17(13)15-5-3-4-8-19-15/h6-7,9-10,15H,2-5,8H2,1H3. The second-order valence-electron chi connectivity index (χ2n) is 4.95. The summed E-state index contributed by atoms with van der Waals surface area (Å²) in [5.74, 6) is 0.158. The molecule has 1 unspecified atom stereocenters. The van der Waals surface area contributed by atoms with Gasteiger partial charge in [-0.2, -0.15) is 0 Å². The number of aromatic nitrogens is 2. The highest BCUT2D eigenvalue weighted by Gasteiger charge is 2.18. The van der Waals surface area contributed by atoms with E-state index in [9.17, 15) is 4.79 Å². The molecule has 2 heterocycles. The highest BCUT2D eigenvalue weighted by molar-refractivity contribution is 5.98. The van der Waals surface area contributed by atoms with Crippen molar-refractivity contribution in [3.8, 4) is 0 Å². The van der Waals surface area contributed by atoms with E-state index in [-0.39, 0.29) is 12.0 Å². The van der Waals surface area contributed by atoms with Crippen LogP contribution in [0, 0.1) is 0 Å². The molecule has 1 aromatic heterocycles. The lowest BCUT2D eigenvalue weighted by molar-refractivity contribution is -0.0295. The third kappa shape index (κ3) is 2.28. The van der Waals surface area contributed by atoms with Crippen LogP contribution in [-0.4, -0.2) is 21.9 Å². The Balaban J connectivity index is 1.97. The van der Waals surface area contributed by atoms with Crippen molar-refractivity contribution < 1.29 is 9.53 Å². The lowest BCUT2D eigenvalue weighted by atomic mass is 10.1. The van der Waals surface area contributed by atoms with Gasteiger partial charge >= 0.3 is 0 Å². The minimum absolute atomic E-state index is 0.0893. The normalized spacial score (nSPS) is 19.7. The zero-order valence-corrected chi connectivity index (χ0v) is 11.1. The SMILES string of the molecule is CCC(=O)c1ccc2c(c1)ncn2C1CCCCO1. The molecule has 3 rings (SSSR count). The first-order valence-electron chi connectivity index (χ1n) is 6.91. The van der Waals surface area contributed by atoms with E-state index < -0.39 is 0 Å². The van der Waals surface area contributed by atoms with Crippen LogP contribution < -0.4 is 0 Å². The maximum atomic E-state index is 11.7. The molecule has 1 atom stereocenters. The van der Waals surface area contributed by atoms with Crippen molar-refractivity contribution in [1.29, 1.82) is 0 Å². The summed E-state index contributed by atoms with van der Waals surface area (Å²) in [6, 6.07) is 5.73. The Labute approximate surface area is 112 Å². The van der Waals surface area contributed by atoms with E-state index in [2.05, 4.69) is 9.55 Å². The molecule has 4 heteroatoms. The molecular formula is C15H18N2O2. The molecule has 100 valence electrons. The largest absolute Gasteiger partial charge is 0.358 e. The van der Waals surface area contributed by atoms with Crippen molar-refractivity contribution in [3.63, 3.8) is 0 Å². The average Bonchev–Trinajstić information content (AvgIpc) is 2.90. The van der Waals surface area contributed by atoms with Gasteiger partial charge in [-0.25, -0.2) is 4.98 Å². The minimum Gasteiger partial charge on any atom is -0.358 e. The van der Waals surface area contributed by atoms with E-state index in [1.807, 2.05) is 31.5 Å². The zero-order valence-electron chi connectivity index (χ0n) is 11.1. The van der Waals surface area contributed by atoms with Crippen molar-refractivity contribution >= 4 is 16.8 Å².